The minimum absolute atomic E-state index is 0.140. The van der Waals surface area contributed by atoms with Gasteiger partial charge in [0.15, 0.2) is 0 Å². The lowest BCUT2D eigenvalue weighted by Crippen LogP contribution is -2.64. The molecule has 4 rings (SSSR count). The zero-order chi connectivity index (χ0) is 19.9. The Bertz CT molecular complexity index is 698. The Kier molecular flexibility index (Phi) is 5.27. The molecule has 1 spiro atoms. The zero-order valence-electron chi connectivity index (χ0n) is 17.3. The van der Waals surface area contributed by atoms with Crippen molar-refractivity contribution < 1.29 is 19.2 Å². The van der Waals surface area contributed by atoms with Crippen LogP contribution in [0.15, 0.2) is 4.52 Å². The Labute approximate surface area is 166 Å². The van der Waals surface area contributed by atoms with Crippen molar-refractivity contribution in [3.8, 4) is 0 Å². The first-order valence-corrected chi connectivity index (χ1v) is 10.6. The van der Waals surface area contributed by atoms with Gasteiger partial charge in [0, 0.05) is 31.6 Å². The molecule has 0 bridgehead atoms. The first kappa shape index (κ1) is 19.9. The second-order valence-corrected chi connectivity index (χ2v) is 9.37. The quantitative estimate of drug-likeness (QED) is 0.795. The maximum absolute atomic E-state index is 12.5. The second-order valence-electron chi connectivity index (χ2n) is 9.37. The van der Waals surface area contributed by atoms with Crippen LogP contribution in [0.25, 0.3) is 0 Å². The average Bonchev–Trinajstić information content (AvgIpc) is 3.40. The number of aliphatic hydroxyl groups is 1. The number of hydrogen-bond acceptors (Lipinski definition) is 6. The minimum Gasteiger partial charge on any atom is -0.388 e. The van der Waals surface area contributed by atoms with Crippen LogP contribution >= 0.6 is 0 Å². The topological polar surface area (TPSA) is 87.8 Å². The molecule has 156 valence electrons. The van der Waals surface area contributed by atoms with Crippen molar-refractivity contribution in [2.75, 3.05) is 26.2 Å². The molecule has 3 fully saturated rings. The molecule has 0 unspecified atom stereocenters. The van der Waals surface area contributed by atoms with Gasteiger partial charge in [0.2, 0.25) is 5.91 Å². The van der Waals surface area contributed by atoms with Crippen LogP contribution in [-0.2, 0) is 16.0 Å². The number of aryl methyl sites for hydroxylation is 2. The van der Waals surface area contributed by atoms with Crippen LogP contribution in [-0.4, -0.2) is 64.6 Å². The van der Waals surface area contributed by atoms with Crippen LogP contribution in [0.2, 0.25) is 0 Å². The molecule has 2 saturated heterocycles. The molecule has 2 aliphatic heterocycles. The van der Waals surface area contributed by atoms with Crippen LogP contribution in [0.1, 0.15) is 56.0 Å². The third-order valence-electron chi connectivity index (χ3n) is 6.82. The highest BCUT2D eigenvalue weighted by atomic mass is 16.5. The minimum atomic E-state index is -0.981. The smallest absolute Gasteiger partial charge is 0.225 e. The van der Waals surface area contributed by atoms with E-state index in [-0.39, 0.29) is 17.9 Å². The normalized spacial score (nSPS) is 30.5. The summed E-state index contributed by atoms with van der Waals surface area (Å²) in [5.41, 5.74) is 0.308. The van der Waals surface area contributed by atoms with E-state index in [2.05, 4.69) is 15.4 Å². The van der Waals surface area contributed by atoms with Gasteiger partial charge in [0.25, 0.3) is 0 Å². The molecule has 2 atom stereocenters. The Morgan fingerprint density at radius 3 is 2.61 bits per heavy atom. The van der Waals surface area contributed by atoms with E-state index in [0.717, 1.165) is 43.1 Å². The summed E-state index contributed by atoms with van der Waals surface area (Å²) < 4.78 is 11.4. The molecule has 7 heteroatoms. The summed E-state index contributed by atoms with van der Waals surface area (Å²) in [4.78, 5) is 15.1. The standard InChI is InChI=1S/C21H33N3O4/c1-14-17(15(2)28-23-14)10-19(25)22-18-12-27-21(13-20(18,3)26)6-8-24(9-7-21)11-16-4-5-16/h16,18,26H,4-13H2,1-3H3,(H,22,25)/t18-,20-/m0/s1. The molecule has 28 heavy (non-hydrogen) atoms. The van der Waals surface area contributed by atoms with Crippen molar-refractivity contribution in [1.82, 2.24) is 15.4 Å². The highest BCUT2D eigenvalue weighted by Gasteiger charge is 2.49. The monoisotopic (exact) mass is 391 g/mol. The zero-order valence-corrected chi connectivity index (χ0v) is 17.3. The third kappa shape index (κ3) is 4.26. The predicted octanol–water partition coefficient (Wildman–Crippen LogP) is 1.73. The Hall–Kier alpha value is -1.44. The molecule has 3 aliphatic rings. The molecule has 3 heterocycles. The number of piperidine rings is 1. The number of carbonyl (C=O) groups excluding carboxylic acids is 1. The molecular formula is C21H33N3O4. The molecule has 1 amide bonds. The van der Waals surface area contributed by atoms with Gasteiger partial charge in [-0.05, 0) is 52.4 Å². The van der Waals surface area contributed by atoms with E-state index in [1.807, 2.05) is 20.8 Å². The van der Waals surface area contributed by atoms with Gasteiger partial charge in [0.05, 0.1) is 36.0 Å². The van der Waals surface area contributed by atoms with E-state index in [1.165, 1.54) is 19.4 Å². The van der Waals surface area contributed by atoms with Gasteiger partial charge in [-0.1, -0.05) is 5.16 Å². The lowest BCUT2D eigenvalue weighted by atomic mass is 9.75. The summed E-state index contributed by atoms with van der Waals surface area (Å²) in [6.07, 6.45) is 5.43. The van der Waals surface area contributed by atoms with Gasteiger partial charge >= 0.3 is 0 Å². The molecule has 7 nitrogen and oxygen atoms in total. The van der Waals surface area contributed by atoms with Gasteiger partial charge < -0.3 is 24.6 Å². The summed E-state index contributed by atoms with van der Waals surface area (Å²) in [6, 6.07) is -0.407. The summed E-state index contributed by atoms with van der Waals surface area (Å²) in [6.45, 7) is 9.11. The van der Waals surface area contributed by atoms with Gasteiger partial charge in [-0.15, -0.1) is 0 Å². The average molecular weight is 392 g/mol. The lowest BCUT2D eigenvalue weighted by Gasteiger charge is -2.51. The molecular weight excluding hydrogens is 358 g/mol. The van der Waals surface area contributed by atoms with Gasteiger partial charge in [0.1, 0.15) is 5.76 Å². The maximum atomic E-state index is 12.5. The largest absolute Gasteiger partial charge is 0.388 e. The molecule has 0 radical (unpaired) electrons. The van der Waals surface area contributed by atoms with Crippen LogP contribution in [0, 0.1) is 19.8 Å². The second kappa shape index (κ2) is 7.43. The fourth-order valence-electron chi connectivity index (χ4n) is 4.75. The van der Waals surface area contributed by atoms with Crippen LogP contribution in [0.4, 0.5) is 0 Å². The number of nitrogens with zero attached hydrogens (tertiary/aromatic N) is 2. The highest BCUT2D eigenvalue weighted by Crippen LogP contribution is 2.40. The van der Waals surface area contributed by atoms with Crippen molar-refractivity contribution >= 4 is 5.91 Å². The van der Waals surface area contributed by atoms with E-state index in [1.54, 1.807) is 0 Å². The van der Waals surface area contributed by atoms with Gasteiger partial charge in [-0.3, -0.25) is 4.79 Å². The molecule has 0 aromatic carbocycles. The molecule has 1 aliphatic carbocycles. The Balaban J connectivity index is 1.32. The van der Waals surface area contributed by atoms with Gasteiger partial charge in [-0.25, -0.2) is 0 Å². The first-order chi connectivity index (χ1) is 13.3. The summed E-state index contributed by atoms with van der Waals surface area (Å²) in [5.74, 6) is 1.43. The number of likely N-dealkylation sites (tertiary alicyclic amines) is 1. The third-order valence-corrected chi connectivity index (χ3v) is 6.82. The van der Waals surface area contributed by atoms with Crippen LogP contribution in [0.5, 0.6) is 0 Å². The number of ether oxygens (including phenoxy) is 1. The summed E-state index contributed by atoms with van der Waals surface area (Å²) in [5, 5.41) is 18.0. The number of rotatable bonds is 5. The van der Waals surface area contributed by atoms with Crippen molar-refractivity contribution in [2.45, 2.75) is 76.5 Å². The van der Waals surface area contributed by atoms with E-state index >= 15 is 0 Å². The predicted molar refractivity (Wildman–Crippen MR) is 104 cm³/mol. The summed E-state index contributed by atoms with van der Waals surface area (Å²) >= 11 is 0. The van der Waals surface area contributed by atoms with Crippen molar-refractivity contribution in [3.05, 3.63) is 17.0 Å². The maximum Gasteiger partial charge on any atom is 0.225 e. The highest BCUT2D eigenvalue weighted by molar-refractivity contribution is 5.79. The summed E-state index contributed by atoms with van der Waals surface area (Å²) in [7, 11) is 0. The molecule has 2 N–H and O–H groups in total. The number of hydrogen-bond donors (Lipinski definition) is 2. The molecule has 1 aromatic heterocycles. The molecule has 1 aromatic rings. The fraction of sp³-hybridized carbons (Fsp3) is 0.810. The van der Waals surface area contributed by atoms with E-state index in [0.29, 0.717) is 18.8 Å². The fourth-order valence-corrected chi connectivity index (χ4v) is 4.75. The van der Waals surface area contributed by atoms with Crippen molar-refractivity contribution in [1.29, 1.82) is 0 Å². The van der Waals surface area contributed by atoms with E-state index in [4.69, 9.17) is 9.26 Å². The van der Waals surface area contributed by atoms with E-state index in [9.17, 15) is 9.90 Å². The van der Waals surface area contributed by atoms with Crippen LogP contribution < -0.4 is 5.32 Å². The number of nitrogens with one attached hydrogen (secondary N) is 1. The van der Waals surface area contributed by atoms with Crippen molar-refractivity contribution in [2.24, 2.45) is 5.92 Å². The first-order valence-electron chi connectivity index (χ1n) is 10.6. The van der Waals surface area contributed by atoms with Gasteiger partial charge in [-0.2, -0.15) is 0 Å². The van der Waals surface area contributed by atoms with Crippen LogP contribution in [0.3, 0.4) is 0 Å². The Morgan fingerprint density at radius 2 is 2.04 bits per heavy atom. The molecule has 1 saturated carbocycles. The SMILES string of the molecule is Cc1noc(C)c1CC(=O)N[C@H]1COC2(CCN(CC3CC3)CC2)C[C@]1(C)O. The van der Waals surface area contributed by atoms with Crippen molar-refractivity contribution in [3.63, 3.8) is 0 Å². The number of amides is 1. The lowest BCUT2D eigenvalue weighted by molar-refractivity contribution is -0.189. The van der Waals surface area contributed by atoms with E-state index < -0.39 is 11.6 Å². The number of aromatic nitrogens is 1. The Morgan fingerprint density at radius 1 is 1.32 bits per heavy atom. The number of carbonyl (C=O) groups is 1.